The molecule has 2 heterocycles. The van der Waals surface area contributed by atoms with Gasteiger partial charge in [-0.1, -0.05) is 11.6 Å². The minimum Gasteiger partial charge on any atom is -0.476 e. The summed E-state index contributed by atoms with van der Waals surface area (Å²) in [5.74, 6) is -1.10. The van der Waals surface area contributed by atoms with Crippen LogP contribution in [-0.2, 0) is 0 Å². The Morgan fingerprint density at radius 3 is 2.93 bits per heavy atom. The van der Waals surface area contributed by atoms with E-state index in [1.807, 2.05) is 0 Å². The lowest BCUT2D eigenvalue weighted by Crippen LogP contribution is -2.02. The fraction of sp³-hybridized carbons (Fsp3) is 0. The molecule has 0 aliphatic carbocycles. The van der Waals surface area contributed by atoms with Crippen molar-refractivity contribution >= 4 is 17.6 Å². The quantitative estimate of drug-likeness (QED) is 0.814. The van der Waals surface area contributed by atoms with E-state index in [2.05, 4.69) is 15.2 Å². The summed E-state index contributed by atoms with van der Waals surface area (Å²) in [6, 6.07) is 3.26. The summed E-state index contributed by atoms with van der Waals surface area (Å²) < 4.78 is 0. The lowest BCUT2D eigenvalue weighted by molar-refractivity contribution is 0.0691. The number of halogens is 1. The highest BCUT2D eigenvalue weighted by Gasteiger charge is 2.15. The number of aromatic nitrogens is 3. The van der Waals surface area contributed by atoms with E-state index in [9.17, 15) is 4.79 Å². The van der Waals surface area contributed by atoms with E-state index in [4.69, 9.17) is 16.7 Å². The number of pyridine rings is 1. The van der Waals surface area contributed by atoms with Crippen molar-refractivity contribution in [2.24, 2.45) is 0 Å². The molecule has 2 aromatic rings. The average Bonchev–Trinajstić information content (AvgIpc) is 2.64. The van der Waals surface area contributed by atoms with E-state index in [1.54, 1.807) is 12.1 Å². The van der Waals surface area contributed by atoms with Crippen LogP contribution in [0, 0.1) is 0 Å². The van der Waals surface area contributed by atoms with Crippen molar-refractivity contribution in [1.82, 2.24) is 15.2 Å². The number of aromatic carboxylic acids is 1. The Morgan fingerprint density at radius 2 is 2.33 bits per heavy atom. The Kier molecular flexibility index (Phi) is 2.39. The zero-order valence-electron chi connectivity index (χ0n) is 7.44. The second-order valence-corrected chi connectivity index (χ2v) is 3.20. The van der Waals surface area contributed by atoms with Crippen molar-refractivity contribution in [2.75, 3.05) is 0 Å². The van der Waals surface area contributed by atoms with Gasteiger partial charge < -0.3 is 5.11 Å². The number of rotatable bonds is 2. The van der Waals surface area contributed by atoms with Crippen molar-refractivity contribution in [3.05, 3.63) is 35.2 Å². The molecular weight excluding hydrogens is 218 g/mol. The molecule has 0 saturated heterocycles. The van der Waals surface area contributed by atoms with Crippen LogP contribution >= 0.6 is 11.6 Å². The number of nitrogens with zero attached hydrogens (tertiary/aromatic N) is 2. The summed E-state index contributed by atoms with van der Waals surface area (Å²) in [7, 11) is 0. The van der Waals surface area contributed by atoms with Gasteiger partial charge in [0.1, 0.15) is 0 Å². The van der Waals surface area contributed by atoms with Crippen LogP contribution in [0.5, 0.6) is 0 Å². The maximum absolute atomic E-state index is 10.9. The molecule has 76 valence electrons. The normalized spacial score (nSPS) is 10.2. The molecule has 0 saturated carbocycles. The van der Waals surface area contributed by atoms with Gasteiger partial charge >= 0.3 is 5.97 Å². The van der Waals surface area contributed by atoms with Crippen LogP contribution in [0.4, 0.5) is 0 Å². The fourth-order valence-electron chi connectivity index (χ4n) is 1.24. The van der Waals surface area contributed by atoms with Crippen LogP contribution in [-0.4, -0.2) is 26.3 Å². The lowest BCUT2D eigenvalue weighted by Gasteiger charge is -2.02. The number of hydrogen-bond acceptors (Lipinski definition) is 3. The molecule has 0 aromatic carbocycles. The molecule has 0 atom stereocenters. The molecule has 2 N–H and O–H groups in total. The molecule has 0 aliphatic heterocycles. The molecule has 0 radical (unpaired) electrons. The van der Waals surface area contributed by atoms with Crippen molar-refractivity contribution in [3.8, 4) is 11.3 Å². The Hall–Kier alpha value is -1.88. The molecule has 5 nitrogen and oxygen atoms in total. The third kappa shape index (κ3) is 1.69. The molecule has 0 unspecified atom stereocenters. The minimum atomic E-state index is -1.10. The molecule has 15 heavy (non-hydrogen) atoms. The van der Waals surface area contributed by atoms with Crippen LogP contribution in [0.15, 0.2) is 24.5 Å². The SMILES string of the molecule is O=C(O)c1ncccc1-c1[nH]ncc1Cl. The van der Waals surface area contributed by atoms with Gasteiger partial charge in [0.2, 0.25) is 0 Å². The highest BCUT2D eigenvalue weighted by Crippen LogP contribution is 2.26. The van der Waals surface area contributed by atoms with Gasteiger partial charge in [-0.05, 0) is 12.1 Å². The summed E-state index contributed by atoms with van der Waals surface area (Å²) in [6.45, 7) is 0. The van der Waals surface area contributed by atoms with Gasteiger partial charge in [0.15, 0.2) is 5.69 Å². The van der Waals surface area contributed by atoms with Gasteiger partial charge in [-0.15, -0.1) is 0 Å². The van der Waals surface area contributed by atoms with Crippen molar-refractivity contribution in [1.29, 1.82) is 0 Å². The number of carboxylic acid groups (broad SMARTS) is 1. The summed E-state index contributed by atoms with van der Waals surface area (Å²) in [4.78, 5) is 14.7. The van der Waals surface area contributed by atoms with Gasteiger partial charge in [-0.2, -0.15) is 5.10 Å². The Labute approximate surface area is 89.7 Å². The third-order valence-corrected chi connectivity index (χ3v) is 2.16. The molecule has 0 bridgehead atoms. The van der Waals surface area contributed by atoms with Gasteiger partial charge in [-0.3, -0.25) is 5.10 Å². The zero-order valence-corrected chi connectivity index (χ0v) is 8.19. The first kappa shape index (κ1) is 9.67. The summed E-state index contributed by atoms with van der Waals surface area (Å²) in [5.41, 5.74) is 0.832. The molecular formula is C9H6ClN3O2. The van der Waals surface area contributed by atoms with Gasteiger partial charge in [0.05, 0.1) is 16.9 Å². The van der Waals surface area contributed by atoms with Crippen LogP contribution in [0.25, 0.3) is 11.3 Å². The molecule has 2 aromatic heterocycles. The van der Waals surface area contributed by atoms with E-state index in [-0.39, 0.29) is 5.69 Å². The number of carbonyl (C=O) groups is 1. The minimum absolute atomic E-state index is 0.0522. The monoisotopic (exact) mass is 223 g/mol. The number of nitrogens with one attached hydrogen (secondary N) is 1. The van der Waals surface area contributed by atoms with Crippen molar-refractivity contribution in [2.45, 2.75) is 0 Å². The summed E-state index contributed by atoms with van der Waals surface area (Å²) in [5, 5.41) is 15.6. The maximum Gasteiger partial charge on any atom is 0.355 e. The van der Waals surface area contributed by atoms with Gasteiger partial charge in [-0.25, -0.2) is 9.78 Å². The first-order valence-electron chi connectivity index (χ1n) is 4.07. The van der Waals surface area contributed by atoms with Gasteiger partial charge in [0, 0.05) is 11.8 Å². The van der Waals surface area contributed by atoms with Gasteiger partial charge in [0.25, 0.3) is 0 Å². The van der Waals surface area contributed by atoms with Crippen molar-refractivity contribution < 1.29 is 9.90 Å². The molecule has 0 spiro atoms. The van der Waals surface area contributed by atoms with Crippen LogP contribution in [0.1, 0.15) is 10.5 Å². The number of hydrogen-bond donors (Lipinski definition) is 2. The van der Waals surface area contributed by atoms with Crippen LogP contribution in [0.3, 0.4) is 0 Å². The van der Waals surface area contributed by atoms with Crippen molar-refractivity contribution in [3.63, 3.8) is 0 Å². The lowest BCUT2D eigenvalue weighted by atomic mass is 10.1. The standard InChI is InChI=1S/C9H6ClN3O2/c10-6-4-12-13-7(6)5-2-1-3-11-8(5)9(14)15/h1-4H,(H,12,13)(H,14,15). The molecule has 6 heteroatoms. The smallest absolute Gasteiger partial charge is 0.355 e. The average molecular weight is 224 g/mol. The predicted octanol–water partition coefficient (Wildman–Crippen LogP) is 1.82. The highest BCUT2D eigenvalue weighted by atomic mass is 35.5. The summed E-state index contributed by atoms with van der Waals surface area (Å²) in [6.07, 6.45) is 2.83. The Morgan fingerprint density at radius 1 is 1.53 bits per heavy atom. The second kappa shape index (κ2) is 3.70. The van der Waals surface area contributed by atoms with Crippen LogP contribution < -0.4 is 0 Å². The molecule has 0 fully saturated rings. The maximum atomic E-state index is 10.9. The Balaban J connectivity index is 2.63. The first-order valence-corrected chi connectivity index (χ1v) is 4.45. The first-order chi connectivity index (χ1) is 7.20. The Bertz CT molecular complexity index is 510. The number of H-pyrrole nitrogens is 1. The third-order valence-electron chi connectivity index (χ3n) is 1.87. The van der Waals surface area contributed by atoms with Crippen LogP contribution in [0.2, 0.25) is 5.02 Å². The largest absolute Gasteiger partial charge is 0.476 e. The van der Waals surface area contributed by atoms with E-state index in [1.165, 1.54) is 12.4 Å². The second-order valence-electron chi connectivity index (χ2n) is 2.80. The molecule has 0 amide bonds. The molecule has 2 rings (SSSR count). The van der Waals surface area contributed by atoms with E-state index < -0.39 is 5.97 Å². The summed E-state index contributed by atoms with van der Waals surface area (Å²) >= 11 is 5.84. The number of aromatic amines is 1. The predicted molar refractivity (Wildman–Crippen MR) is 53.8 cm³/mol. The molecule has 0 aliphatic rings. The van der Waals surface area contributed by atoms with E-state index in [0.717, 1.165) is 0 Å². The topological polar surface area (TPSA) is 78.9 Å². The van der Waals surface area contributed by atoms with E-state index in [0.29, 0.717) is 16.3 Å². The highest BCUT2D eigenvalue weighted by molar-refractivity contribution is 6.33. The number of carboxylic acids is 1. The fourth-order valence-corrected chi connectivity index (χ4v) is 1.43. The zero-order chi connectivity index (χ0) is 10.8. The van der Waals surface area contributed by atoms with E-state index >= 15 is 0 Å².